The van der Waals surface area contributed by atoms with E-state index in [1.165, 1.54) is 0 Å². The Kier molecular flexibility index (Phi) is 6.37. The summed E-state index contributed by atoms with van der Waals surface area (Å²) in [7, 11) is 0. The van der Waals surface area contributed by atoms with Gasteiger partial charge in [0.1, 0.15) is 0 Å². The number of hydrogen-bond donors (Lipinski definition) is 0. The van der Waals surface area contributed by atoms with Crippen LogP contribution < -0.4 is 0 Å². The lowest BCUT2D eigenvalue weighted by molar-refractivity contribution is -0.112. The summed E-state index contributed by atoms with van der Waals surface area (Å²) in [4.78, 5) is 28.3. The maximum atomic E-state index is 14.1. The number of benzene rings is 4. The van der Waals surface area contributed by atoms with Crippen LogP contribution in [0.5, 0.6) is 0 Å². The molecule has 2 fully saturated rings. The molecule has 6 rings (SSSR count). The molecule has 0 atom stereocenters. The van der Waals surface area contributed by atoms with Crippen molar-refractivity contribution in [3.05, 3.63) is 166 Å². The fraction of sp³-hybridized carbons (Fsp3) is 0.0556. The highest BCUT2D eigenvalue weighted by molar-refractivity contribution is 6.27. The summed E-state index contributed by atoms with van der Waals surface area (Å²) in [5.41, 5.74) is 6.44. The largest absolute Gasteiger partial charge is 0.289 e. The Morgan fingerprint density at radius 1 is 0.342 bits per heavy atom. The van der Waals surface area contributed by atoms with Gasteiger partial charge in [-0.15, -0.1) is 0 Å². The van der Waals surface area contributed by atoms with Crippen molar-refractivity contribution in [3.8, 4) is 0 Å². The molecular formula is C36H26O2. The van der Waals surface area contributed by atoms with Crippen molar-refractivity contribution in [2.45, 2.75) is 0 Å². The Morgan fingerprint density at radius 2 is 0.553 bits per heavy atom. The zero-order valence-electron chi connectivity index (χ0n) is 20.8. The lowest BCUT2D eigenvalue weighted by Crippen LogP contribution is -2.08. The summed E-state index contributed by atoms with van der Waals surface area (Å²) in [5, 5.41) is 0. The van der Waals surface area contributed by atoms with Crippen LogP contribution in [0.25, 0.3) is 24.3 Å². The number of carbonyl (C=O) groups is 2. The lowest BCUT2D eigenvalue weighted by atomic mass is 9.88. The molecular weight excluding hydrogens is 464 g/mol. The number of allylic oxidation sites excluding steroid dienone is 4. The van der Waals surface area contributed by atoms with Gasteiger partial charge in [-0.2, -0.15) is 0 Å². The summed E-state index contributed by atoms with van der Waals surface area (Å²) in [5.74, 6) is -0.697. The molecule has 0 heterocycles. The summed E-state index contributed by atoms with van der Waals surface area (Å²) in [6.07, 6.45) is 7.85. The second-order valence-electron chi connectivity index (χ2n) is 9.66. The van der Waals surface area contributed by atoms with Gasteiger partial charge in [0.15, 0.2) is 11.6 Å². The Morgan fingerprint density at radius 3 is 0.763 bits per heavy atom. The molecule has 182 valence electrons. The molecule has 0 unspecified atom stereocenters. The Balaban J connectivity index is 1.60. The summed E-state index contributed by atoms with van der Waals surface area (Å²) in [6.45, 7) is 0. The Bertz CT molecular complexity index is 1360. The van der Waals surface area contributed by atoms with Gasteiger partial charge in [0, 0.05) is 34.1 Å². The molecule has 38 heavy (non-hydrogen) atoms. The van der Waals surface area contributed by atoms with E-state index >= 15 is 0 Å². The van der Waals surface area contributed by atoms with E-state index in [1.54, 1.807) is 0 Å². The van der Waals surface area contributed by atoms with Crippen LogP contribution in [0.4, 0.5) is 0 Å². The van der Waals surface area contributed by atoms with Crippen LogP contribution in [-0.2, 0) is 9.59 Å². The quantitative estimate of drug-likeness (QED) is 0.275. The minimum atomic E-state index is -0.347. The first kappa shape index (κ1) is 23.6. The SMILES string of the molecule is O=C1/C(=C\c2ccccc2)C2/C(=C/c3ccccc3)C(=O)/C(=C\c3ccccc3)C2/C1=C/c1ccccc1. The second-order valence-corrected chi connectivity index (χ2v) is 9.66. The molecule has 0 radical (unpaired) electrons. The van der Waals surface area contributed by atoms with Crippen LogP contribution in [0, 0.1) is 11.8 Å². The molecule has 0 spiro atoms. The average molecular weight is 491 g/mol. The zero-order valence-corrected chi connectivity index (χ0v) is 20.8. The molecule has 2 nitrogen and oxygen atoms in total. The third kappa shape index (κ3) is 4.53. The predicted octanol–water partition coefficient (Wildman–Crippen LogP) is 7.72. The van der Waals surface area contributed by atoms with E-state index in [4.69, 9.17) is 0 Å². The fourth-order valence-corrected chi connectivity index (χ4v) is 5.49. The third-order valence-electron chi connectivity index (χ3n) is 7.21. The smallest absolute Gasteiger partial charge is 0.186 e. The van der Waals surface area contributed by atoms with Gasteiger partial charge >= 0.3 is 0 Å². The molecule has 4 aromatic rings. The topological polar surface area (TPSA) is 34.1 Å². The van der Waals surface area contributed by atoms with Crippen molar-refractivity contribution >= 4 is 35.9 Å². The number of rotatable bonds is 4. The number of carbonyl (C=O) groups excluding carboxylic acids is 2. The van der Waals surface area contributed by atoms with Crippen molar-refractivity contribution in [3.63, 3.8) is 0 Å². The van der Waals surface area contributed by atoms with Gasteiger partial charge in [-0.1, -0.05) is 121 Å². The van der Waals surface area contributed by atoms with Crippen LogP contribution in [0.1, 0.15) is 22.3 Å². The van der Waals surface area contributed by atoms with E-state index in [-0.39, 0.29) is 23.4 Å². The number of hydrogen-bond acceptors (Lipinski definition) is 2. The molecule has 0 amide bonds. The molecule has 0 bridgehead atoms. The number of fused-ring (bicyclic) bond motifs is 1. The van der Waals surface area contributed by atoms with Gasteiger partial charge in [-0.25, -0.2) is 0 Å². The summed E-state index contributed by atoms with van der Waals surface area (Å²) < 4.78 is 0. The average Bonchev–Trinajstić information content (AvgIpc) is 3.37. The van der Waals surface area contributed by atoms with Gasteiger partial charge in [0.05, 0.1) is 0 Å². The van der Waals surface area contributed by atoms with E-state index in [2.05, 4.69) is 0 Å². The zero-order chi connectivity index (χ0) is 25.9. The highest BCUT2D eigenvalue weighted by Gasteiger charge is 2.53. The molecule has 4 aromatic carbocycles. The standard InChI is InChI=1S/C36H26O2/c37-35-29(21-25-13-5-1-6-14-25)33-30(22-26-15-7-2-8-16-26)36(38)32(24-28-19-11-4-12-20-28)34(33)31(35)23-27-17-9-3-10-18-27/h1-24,33-34H/b29-21-,30-22-,31-23-,32-24-. The molecule has 2 aliphatic carbocycles. The second kappa shape index (κ2) is 10.3. The van der Waals surface area contributed by atoms with Gasteiger partial charge in [-0.3, -0.25) is 9.59 Å². The number of ketones is 2. The normalized spacial score (nSPS) is 23.1. The molecule has 2 heteroatoms. The monoisotopic (exact) mass is 490 g/mol. The minimum absolute atomic E-state index is 0.00173. The Labute approximate surface area is 223 Å². The van der Waals surface area contributed by atoms with Crippen LogP contribution in [-0.4, -0.2) is 11.6 Å². The van der Waals surface area contributed by atoms with Crippen LogP contribution >= 0.6 is 0 Å². The van der Waals surface area contributed by atoms with Crippen molar-refractivity contribution in [2.24, 2.45) is 11.8 Å². The van der Waals surface area contributed by atoms with Crippen LogP contribution in [0.15, 0.2) is 144 Å². The maximum Gasteiger partial charge on any atom is 0.186 e. The first-order valence-electron chi connectivity index (χ1n) is 12.8. The first-order valence-corrected chi connectivity index (χ1v) is 12.8. The van der Waals surface area contributed by atoms with Crippen LogP contribution in [0.2, 0.25) is 0 Å². The van der Waals surface area contributed by atoms with E-state index in [0.717, 1.165) is 22.3 Å². The van der Waals surface area contributed by atoms with E-state index in [1.807, 2.05) is 146 Å². The first-order chi connectivity index (χ1) is 18.7. The van der Waals surface area contributed by atoms with Gasteiger partial charge in [-0.05, 0) is 46.6 Å². The summed E-state index contributed by atoms with van der Waals surface area (Å²) >= 11 is 0. The summed E-state index contributed by atoms with van der Waals surface area (Å²) in [6, 6.07) is 39.5. The van der Waals surface area contributed by atoms with Crippen molar-refractivity contribution < 1.29 is 9.59 Å². The van der Waals surface area contributed by atoms with E-state index in [0.29, 0.717) is 22.3 Å². The highest BCUT2D eigenvalue weighted by Crippen LogP contribution is 2.54. The maximum absolute atomic E-state index is 14.1. The van der Waals surface area contributed by atoms with Gasteiger partial charge < -0.3 is 0 Å². The molecule has 0 aromatic heterocycles. The van der Waals surface area contributed by atoms with Crippen molar-refractivity contribution in [2.75, 3.05) is 0 Å². The van der Waals surface area contributed by atoms with E-state index in [9.17, 15) is 9.59 Å². The number of Topliss-reactive ketones (excluding diaryl/α,β-unsaturated/α-hetero) is 2. The molecule has 0 N–H and O–H groups in total. The Hall–Kier alpha value is -4.82. The fourth-order valence-electron chi connectivity index (χ4n) is 5.49. The molecule has 0 aliphatic heterocycles. The van der Waals surface area contributed by atoms with Crippen LogP contribution in [0.3, 0.4) is 0 Å². The lowest BCUT2D eigenvalue weighted by Gasteiger charge is -2.12. The van der Waals surface area contributed by atoms with Crippen molar-refractivity contribution in [1.29, 1.82) is 0 Å². The van der Waals surface area contributed by atoms with Gasteiger partial charge in [0.25, 0.3) is 0 Å². The predicted molar refractivity (Wildman–Crippen MR) is 155 cm³/mol. The van der Waals surface area contributed by atoms with Gasteiger partial charge in [0.2, 0.25) is 0 Å². The van der Waals surface area contributed by atoms with E-state index < -0.39 is 0 Å². The molecule has 2 aliphatic rings. The highest BCUT2D eigenvalue weighted by atomic mass is 16.1. The minimum Gasteiger partial charge on any atom is -0.289 e. The molecule has 2 saturated carbocycles. The molecule has 0 saturated heterocycles. The van der Waals surface area contributed by atoms with Crippen molar-refractivity contribution in [1.82, 2.24) is 0 Å². The third-order valence-corrected chi connectivity index (χ3v) is 7.21.